The van der Waals surface area contributed by atoms with Crippen LogP contribution >= 0.6 is 0 Å². The van der Waals surface area contributed by atoms with Gasteiger partial charge in [-0.1, -0.05) is 26.0 Å². The molecule has 0 heterocycles. The predicted molar refractivity (Wildman–Crippen MR) is 106 cm³/mol. The van der Waals surface area contributed by atoms with E-state index in [-0.39, 0.29) is 34.8 Å². The van der Waals surface area contributed by atoms with Crippen LogP contribution in [-0.2, 0) is 9.53 Å². The predicted octanol–water partition coefficient (Wildman–Crippen LogP) is 4.79. The number of hydrogen-bond acceptors (Lipinski definition) is 5. The van der Waals surface area contributed by atoms with Crippen LogP contribution in [0.4, 0.5) is 17.6 Å². The highest BCUT2D eigenvalue weighted by atomic mass is 19.4. The SMILES string of the molecule is COC(=O)[C@H](CC(C)C)NC(c1ccc(-c2cc(C=O)ccc2O)c(F)c1)C(F)(F)F. The number of phenolic OH excluding ortho intramolecular Hbond substituents is 1. The molecule has 2 aromatic carbocycles. The summed E-state index contributed by atoms with van der Waals surface area (Å²) in [7, 11) is 1.08. The van der Waals surface area contributed by atoms with Crippen LogP contribution in [0.5, 0.6) is 5.75 Å². The molecule has 2 aromatic rings. The van der Waals surface area contributed by atoms with Crippen LogP contribution in [0.2, 0.25) is 0 Å². The Morgan fingerprint density at radius 1 is 1.16 bits per heavy atom. The Morgan fingerprint density at radius 2 is 1.84 bits per heavy atom. The van der Waals surface area contributed by atoms with Gasteiger partial charge in [-0.3, -0.25) is 14.9 Å². The molecule has 2 atom stereocenters. The molecule has 0 aliphatic carbocycles. The van der Waals surface area contributed by atoms with Gasteiger partial charge in [-0.2, -0.15) is 13.2 Å². The Bertz CT molecular complexity index is 944. The monoisotopic (exact) mass is 441 g/mol. The fourth-order valence-electron chi connectivity index (χ4n) is 3.20. The number of nitrogens with one attached hydrogen (secondary N) is 1. The van der Waals surface area contributed by atoms with Crippen LogP contribution in [0.1, 0.15) is 42.2 Å². The van der Waals surface area contributed by atoms with E-state index < -0.39 is 35.6 Å². The van der Waals surface area contributed by atoms with Gasteiger partial charge in [0.15, 0.2) is 0 Å². The average Bonchev–Trinajstić information content (AvgIpc) is 2.69. The van der Waals surface area contributed by atoms with Crippen molar-refractivity contribution in [2.24, 2.45) is 5.92 Å². The van der Waals surface area contributed by atoms with Gasteiger partial charge in [0.1, 0.15) is 29.9 Å². The Hall–Kier alpha value is -2.94. The van der Waals surface area contributed by atoms with Gasteiger partial charge in [-0.25, -0.2) is 4.39 Å². The zero-order valence-electron chi connectivity index (χ0n) is 17.2. The van der Waals surface area contributed by atoms with Gasteiger partial charge in [0.2, 0.25) is 0 Å². The molecule has 1 unspecified atom stereocenters. The summed E-state index contributed by atoms with van der Waals surface area (Å²) in [6.07, 6.45) is -4.23. The van der Waals surface area contributed by atoms with Crippen molar-refractivity contribution in [3.63, 3.8) is 0 Å². The summed E-state index contributed by atoms with van der Waals surface area (Å²) in [5, 5.41) is 12.2. The number of rotatable bonds is 8. The first-order valence-corrected chi connectivity index (χ1v) is 9.46. The van der Waals surface area contributed by atoms with E-state index in [9.17, 15) is 32.3 Å². The molecule has 0 amide bonds. The number of carbonyl (C=O) groups is 2. The minimum absolute atomic E-state index is 0.0302. The summed E-state index contributed by atoms with van der Waals surface area (Å²) in [6.45, 7) is 3.49. The maximum absolute atomic E-state index is 14.8. The van der Waals surface area contributed by atoms with Crippen LogP contribution in [0.25, 0.3) is 11.1 Å². The number of alkyl halides is 3. The maximum Gasteiger partial charge on any atom is 0.407 e. The van der Waals surface area contributed by atoms with Gasteiger partial charge in [0.05, 0.1) is 7.11 Å². The number of halogens is 4. The van der Waals surface area contributed by atoms with Crippen LogP contribution < -0.4 is 5.32 Å². The van der Waals surface area contributed by atoms with Gasteiger partial charge in [-0.05, 0) is 42.2 Å². The average molecular weight is 441 g/mol. The molecule has 0 spiro atoms. The standard InChI is InChI=1S/C22H23F4NO4/c1-12(2)8-18(21(30)31-3)27-20(22(24,25)26)14-5-6-15(17(23)10-14)16-9-13(11-28)4-7-19(16)29/h4-7,9-12,18,20,27,29H,8H2,1-3H3/t18-,20?/m0/s1. The minimum Gasteiger partial charge on any atom is -0.507 e. The number of esters is 1. The van der Waals surface area contributed by atoms with Crippen LogP contribution in [0.3, 0.4) is 0 Å². The van der Waals surface area contributed by atoms with Crippen molar-refractivity contribution in [1.29, 1.82) is 0 Å². The summed E-state index contributed by atoms with van der Waals surface area (Å²) in [5.74, 6) is -2.30. The molecule has 168 valence electrons. The fourth-order valence-corrected chi connectivity index (χ4v) is 3.20. The second-order valence-corrected chi connectivity index (χ2v) is 7.48. The van der Waals surface area contributed by atoms with E-state index in [0.29, 0.717) is 12.4 Å². The summed E-state index contributed by atoms with van der Waals surface area (Å²) >= 11 is 0. The molecule has 5 nitrogen and oxygen atoms in total. The topological polar surface area (TPSA) is 75.6 Å². The van der Waals surface area contributed by atoms with Crippen molar-refractivity contribution in [3.05, 3.63) is 53.3 Å². The highest BCUT2D eigenvalue weighted by Gasteiger charge is 2.43. The van der Waals surface area contributed by atoms with Gasteiger partial charge < -0.3 is 9.84 Å². The van der Waals surface area contributed by atoms with Crippen molar-refractivity contribution in [1.82, 2.24) is 5.32 Å². The zero-order valence-corrected chi connectivity index (χ0v) is 17.2. The Balaban J connectivity index is 2.46. The van der Waals surface area contributed by atoms with E-state index in [0.717, 1.165) is 19.2 Å². The molecular formula is C22H23F4NO4. The lowest BCUT2D eigenvalue weighted by Gasteiger charge is -2.27. The van der Waals surface area contributed by atoms with Gasteiger partial charge in [0.25, 0.3) is 0 Å². The van der Waals surface area contributed by atoms with Gasteiger partial charge in [-0.15, -0.1) is 0 Å². The third kappa shape index (κ3) is 6.04. The molecule has 0 saturated heterocycles. The lowest BCUT2D eigenvalue weighted by molar-refractivity contribution is -0.164. The van der Waals surface area contributed by atoms with Gasteiger partial charge in [0, 0.05) is 16.7 Å². The molecule has 2 N–H and O–H groups in total. The molecule has 0 fully saturated rings. The van der Waals surface area contributed by atoms with Crippen molar-refractivity contribution in [2.45, 2.75) is 38.5 Å². The smallest absolute Gasteiger partial charge is 0.407 e. The molecular weight excluding hydrogens is 418 g/mol. The summed E-state index contributed by atoms with van der Waals surface area (Å²) < 4.78 is 60.7. The van der Waals surface area contributed by atoms with Crippen molar-refractivity contribution >= 4 is 12.3 Å². The van der Waals surface area contributed by atoms with Crippen molar-refractivity contribution in [2.75, 3.05) is 7.11 Å². The van der Waals surface area contributed by atoms with E-state index >= 15 is 0 Å². The second-order valence-electron chi connectivity index (χ2n) is 7.48. The van der Waals surface area contributed by atoms with Crippen LogP contribution in [0.15, 0.2) is 36.4 Å². The number of benzene rings is 2. The molecule has 0 bridgehead atoms. The lowest BCUT2D eigenvalue weighted by Crippen LogP contribution is -2.45. The molecule has 0 aromatic heterocycles. The third-order valence-electron chi connectivity index (χ3n) is 4.66. The van der Waals surface area contributed by atoms with E-state index in [1.807, 2.05) is 0 Å². The fraction of sp³-hybridized carbons (Fsp3) is 0.364. The normalized spacial score (nSPS) is 13.7. The molecule has 31 heavy (non-hydrogen) atoms. The highest BCUT2D eigenvalue weighted by molar-refractivity contribution is 5.81. The molecule has 0 aliphatic heterocycles. The van der Waals surface area contributed by atoms with Crippen LogP contribution in [-0.4, -0.2) is 36.7 Å². The van der Waals surface area contributed by atoms with Crippen molar-refractivity contribution < 1.29 is 37.0 Å². The molecule has 0 saturated carbocycles. The Labute approximate surface area is 177 Å². The number of aldehydes is 1. The largest absolute Gasteiger partial charge is 0.507 e. The minimum atomic E-state index is -4.82. The second kappa shape index (κ2) is 9.91. The number of aromatic hydroxyl groups is 1. The quantitative estimate of drug-likeness (QED) is 0.350. The zero-order chi connectivity index (χ0) is 23.3. The first-order chi connectivity index (χ1) is 14.5. The maximum atomic E-state index is 14.8. The Kier molecular flexibility index (Phi) is 7.78. The summed E-state index contributed by atoms with van der Waals surface area (Å²) in [5.41, 5.74) is -0.479. The number of hydrogen-bond donors (Lipinski definition) is 2. The van der Waals surface area contributed by atoms with E-state index in [1.165, 1.54) is 18.2 Å². The molecule has 9 heteroatoms. The third-order valence-corrected chi connectivity index (χ3v) is 4.66. The van der Waals surface area contributed by atoms with E-state index in [2.05, 4.69) is 10.1 Å². The first-order valence-electron chi connectivity index (χ1n) is 9.46. The summed E-state index contributed by atoms with van der Waals surface area (Å²) in [4.78, 5) is 22.9. The highest BCUT2D eigenvalue weighted by Crippen LogP contribution is 2.37. The van der Waals surface area contributed by atoms with E-state index in [1.54, 1.807) is 13.8 Å². The van der Waals surface area contributed by atoms with Crippen molar-refractivity contribution in [3.8, 4) is 16.9 Å². The number of carbonyl (C=O) groups excluding carboxylic acids is 2. The number of methoxy groups -OCH3 is 1. The molecule has 0 aliphatic rings. The van der Waals surface area contributed by atoms with Gasteiger partial charge >= 0.3 is 12.1 Å². The van der Waals surface area contributed by atoms with Crippen LogP contribution in [0, 0.1) is 11.7 Å². The summed E-state index contributed by atoms with van der Waals surface area (Å²) in [6, 6.07) is 3.02. The Morgan fingerprint density at radius 3 is 2.35 bits per heavy atom. The lowest BCUT2D eigenvalue weighted by atomic mass is 9.96. The van der Waals surface area contributed by atoms with E-state index in [4.69, 9.17) is 0 Å². The number of ether oxygens (including phenoxy) is 1. The molecule has 2 rings (SSSR count). The number of phenols is 1. The first kappa shape index (κ1) is 24.3. The molecule has 0 radical (unpaired) electrons.